The second-order valence-corrected chi connectivity index (χ2v) is 6.82. The van der Waals surface area contributed by atoms with Crippen LogP contribution in [-0.4, -0.2) is 71.9 Å². The van der Waals surface area contributed by atoms with E-state index < -0.39 is 0 Å². The SMILES string of the molecule is O=C1CN(CCN2CCSCC2)C(=O)C(C2CC2)N1. The van der Waals surface area contributed by atoms with Gasteiger partial charge in [0.15, 0.2) is 0 Å². The molecule has 3 fully saturated rings. The van der Waals surface area contributed by atoms with E-state index >= 15 is 0 Å². The van der Waals surface area contributed by atoms with Gasteiger partial charge in [0.1, 0.15) is 6.04 Å². The second kappa shape index (κ2) is 5.71. The molecule has 106 valence electrons. The molecule has 1 saturated carbocycles. The molecule has 19 heavy (non-hydrogen) atoms. The van der Waals surface area contributed by atoms with Crippen molar-refractivity contribution in [2.75, 3.05) is 44.2 Å². The average Bonchev–Trinajstić information content (AvgIpc) is 3.25. The van der Waals surface area contributed by atoms with Crippen LogP contribution in [0.15, 0.2) is 0 Å². The molecule has 1 aliphatic carbocycles. The Morgan fingerprint density at radius 1 is 1.16 bits per heavy atom. The third-order valence-corrected chi connectivity index (χ3v) is 5.05. The van der Waals surface area contributed by atoms with Crippen LogP contribution >= 0.6 is 11.8 Å². The maximum Gasteiger partial charge on any atom is 0.245 e. The van der Waals surface area contributed by atoms with Gasteiger partial charge in [0, 0.05) is 37.7 Å². The number of hydrogen-bond acceptors (Lipinski definition) is 4. The highest BCUT2D eigenvalue weighted by atomic mass is 32.2. The highest BCUT2D eigenvalue weighted by Crippen LogP contribution is 2.34. The molecule has 3 aliphatic rings. The van der Waals surface area contributed by atoms with E-state index in [0.717, 1.165) is 32.5 Å². The van der Waals surface area contributed by atoms with Crippen LogP contribution in [0, 0.1) is 5.92 Å². The predicted molar refractivity (Wildman–Crippen MR) is 75.0 cm³/mol. The Kier molecular flexibility index (Phi) is 3.98. The highest BCUT2D eigenvalue weighted by Gasteiger charge is 2.42. The molecule has 1 N–H and O–H groups in total. The molecule has 0 aromatic rings. The third kappa shape index (κ3) is 3.23. The standard InChI is InChI=1S/C13H21N3O2S/c17-11-9-16(4-3-15-5-7-19-8-6-15)13(18)12(14-11)10-1-2-10/h10,12H,1-9H2,(H,14,17). The molecule has 2 saturated heterocycles. The van der Waals surface area contributed by atoms with Crippen LogP contribution in [-0.2, 0) is 9.59 Å². The number of nitrogens with one attached hydrogen (secondary N) is 1. The lowest BCUT2D eigenvalue weighted by atomic mass is 10.1. The lowest BCUT2D eigenvalue weighted by Gasteiger charge is -2.35. The maximum absolute atomic E-state index is 12.3. The summed E-state index contributed by atoms with van der Waals surface area (Å²) in [6.45, 7) is 4.04. The van der Waals surface area contributed by atoms with E-state index in [1.54, 1.807) is 4.90 Å². The molecule has 0 bridgehead atoms. The number of piperazine rings is 1. The molecule has 1 unspecified atom stereocenters. The van der Waals surface area contributed by atoms with Crippen molar-refractivity contribution >= 4 is 23.6 Å². The van der Waals surface area contributed by atoms with Gasteiger partial charge in [-0.25, -0.2) is 0 Å². The van der Waals surface area contributed by atoms with E-state index in [4.69, 9.17) is 0 Å². The Bertz CT molecular complexity index is 367. The molecule has 2 aliphatic heterocycles. The lowest BCUT2D eigenvalue weighted by molar-refractivity contribution is -0.145. The van der Waals surface area contributed by atoms with Crippen LogP contribution in [0.25, 0.3) is 0 Å². The summed E-state index contributed by atoms with van der Waals surface area (Å²) in [4.78, 5) is 28.1. The van der Waals surface area contributed by atoms with Crippen LogP contribution in [0.2, 0.25) is 0 Å². The van der Waals surface area contributed by atoms with Crippen molar-refractivity contribution in [3.63, 3.8) is 0 Å². The fraction of sp³-hybridized carbons (Fsp3) is 0.846. The lowest BCUT2D eigenvalue weighted by Crippen LogP contribution is -2.60. The van der Waals surface area contributed by atoms with Crippen LogP contribution in [0.3, 0.4) is 0 Å². The van der Waals surface area contributed by atoms with E-state index in [9.17, 15) is 9.59 Å². The van der Waals surface area contributed by atoms with Gasteiger partial charge in [0.2, 0.25) is 11.8 Å². The van der Waals surface area contributed by atoms with Crippen molar-refractivity contribution in [1.29, 1.82) is 0 Å². The van der Waals surface area contributed by atoms with E-state index in [2.05, 4.69) is 10.2 Å². The molecule has 5 nitrogen and oxygen atoms in total. The molecular formula is C13H21N3O2S. The van der Waals surface area contributed by atoms with Crippen molar-refractivity contribution in [1.82, 2.24) is 15.1 Å². The minimum absolute atomic E-state index is 0.00528. The van der Waals surface area contributed by atoms with Crippen LogP contribution in [0.5, 0.6) is 0 Å². The van der Waals surface area contributed by atoms with Crippen molar-refractivity contribution in [3.8, 4) is 0 Å². The van der Waals surface area contributed by atoms with Crippen LogP contribution in [0.4, 0.5) is 0 Å². The Hall–Kier alpha value is -0.750. The molecule has 0 radical (unpaired) electrons. The molecule has 0 aromatic heterocycles. The van der Waals surface area contributed by atoms with E-state index in [-0.39, 0.29) is 24.4 Å². The van der Waals surface area contributed by atoms with E-state index in [0.29, 0.717) is 12.5 Å². The summed E-state index contributed by atoms with van der Waals surface area (Å²) < 4.78 is 0. The van der Waals surface area contributed by atoms with Crippen molar-refractivity contribution in [2.45, 2.75) is 18.9 Å². The molecular weight excluding hydrogens is 262 g/mol. The molecule has 6 heteroatoms. The van der Waals surface area contributed by atoms with Crippen molar-refractivity contribution in [2.24, 2.45) is 5.92 Å². The molecule has 2 heterocycles. The van der Waals surface area contributed by atoms with Gasteiger partial charge in [-0.1, -0.05) is 0 Å². The van der Waals surface area contributed by atoms with Gasteiger partial charge in [-0.05, 0) is 18.8 Å². The number of carbonyl (C=O) groups is 2. The summed E-state index contributed by atoms with van der Waals surface area (Å²) in [5, 5.41) is 2.85. The smallest absolute Gasteiger partial charge is 0.245 e. The summed E-state index contributed by atoms with van der Waals surface area (Å²) in [6.07, 6.45) is 2.15. The molecule has 0 aromatic carbocycles. The summed E-state index contributed by atoms with van der Waals surface area (Å²) in [6, 6.07) is -0.238. The number of hydrogen-bond donors (Lipinski definition) is 1. The molecule has 2 amide bonds. The maximum atomic E-state index is 12.3. The zero-order valence-electron chi connectivity index (χ0n) is 11.1. The third-order valence-electron chi connectivity index (χ3n) is 4.11. The summed E-state index contributed by atoms with van der Waals surface area (Å²) in [7, 11) is 0. The Morgan fingerprint density at radius 3 is 2.58 bits per heavy atom. The van der Waals surface area contributed by atoms with Gasteiger partial charge in [0.25, 0.3) is 0 Å². The monoisotopic (exact) mass is 283 g/mol. The molecule has 1 atom stereocenters. The number of carbonyl (C=O) groups excluding carboxylic acids is 2. The van der Waals surface area contributed by atoms with E-state index in [1.807, 2.05) is 11.8 Å². The first kappa shape index (κ1) is 13.2. The van der Waals surface area contributed by atoms with Crippen molar-refractivity contribution < 1.29 is 9.59 Å². The predicted octanol–water partition coefficient (Wildman–Crippen LogP) is -0.228. The minimum atomic E-state index is -0.238. The number of thioether (sulfide) groups is 1. The summed E-state index contributed by atoms with van der Waals surface area (Å²) >= 11 is 1.99. The first-order chi connectivity index (χ1) is 9.24. The fourth-order valence-electron chi connectivity index (χ4n) is 2.75. The van der Waals surface area contributed by atoms with Gasteiger partial charge >= 0.3 is 0 Å². The number of nitrogens with zero attached hydrogens (tertiary/aromatic N) is 2. The Morgan fingerprint density at radius 2 is 1.89 bits per heavy atom. The first-order valence-corrected chi connectivity index (χ1v) is 8.28. The van der Waals surface area contributed by atoms with Gasteiger partial charge in [-0.15, -0.1) is 0 Å². The zero-order valence-corrected chi connectivity index (χ0v) is 12.0. The first-order valence-electron chi connectivity index (χ1n) is 7.12. The largest absolute Gasteiger partial charge is 0.342 e. The second-order valence-electron chi connectivity index (χ2n) is 5.60. The van der Waals surface area contributed by atoms with Crippen molar-refractivity contribution in [3.05, 3.63) is 0 Å². The summed E-state index contributed by atoms with van der Waals surface area (Å²) in [5.74, 6) is 2.89. The zero-order chi connectivity index (χ0) is 13.2. The minimum Gasteiger partial charge on any atom is -0.342 e. The van der Waals surface area contributed by atoms with Crippen LogP contribution < -0.4 is 5.32 Å². The van der Waals surface area contributed by atoms with Gasteiger partial charge in [0.05, 0.1) is 6.54 Å². The average molecular weight is 283 g/mol. The normalized spacial score (nSPS) is 29.5. The van der Waals surface area contributed by atoms with E-state index in [1.165, 1.54) is 11.5 Å². The van der Waals surface area contributed by atoms with Gasteiger partial charge in [-0.2, -0.15) is 11.8 Å². The van der Waals surface area contributed by atoms with Gasteiger partial charge in [-0.3, -0.25) is 14.5 Å². The Balaban J connectivity index is 1.53. The molecule has 3 rings (SSSR count). The summed E-state index contributed by atoms with van der Waals surface area (Å²) in [5.41, 5.74) is 0. The quantitative estimate of drug-likeness (QED) is 0.774. The number of amides is 2. The Labute approximate surface area is 118 Å². The van der Waals surface area contributed by atoms with Gasteiger partial charge < -0.3 is 10.2 Å². The molecule has 0 spiro atoms. The highest BCUT2D eigenvalue weighted by molar-refractivity contribution is 7.99. The topological polar surface area (TPSA) is 52.7 Å². The fourth-order valence-corrected chi connectivity index (χ4v) is 3.73. The van der Waals surface area contributed by atoms with Crippen LogP contribution in [0.1, 0.15) is 12.8 Å². The number of rotatable bonds is 4.